The van der Waals surface area contributed by atoms with E-state index in [1.165, 1.54) is 12.1 Å². The topological polar surface area (TPSA) is 77.2 Å². The van der Waals surface area contributed by atoms with Crippen LogP contribution in [0, 0.1) is 10.1 Å². The number of aromatic nitrogens is 1. The number of para-hydroxylation sites is 1. The zero-order valence-electron chi connectivity index (χ0n) is 12.3. The van der Waals surface area contributed by atoms with E-state index < -0.39 is 4.92 Å². The number of nitrogens with zero attached hydrogens (tertiary/aromatic N) is 2. The fraction of sp³-hybridized carbons (Fsp3) is 0.118. The van der Waals surface area contributed by atoms with Crippen molar-refractivity contribution in [2.24, 2.45) is 0 Å². The summed E-state index contributed by atoms with van der Waals surface area (Å²) in [6.45, 7) is 0.550. The van der Waals surface area contributed by atoms with Gasteiger partial charge in [-0.1, -0.05) is 24.3 Å². The van der Waals surface area contributed by atoms with Gasteiger partial charge in [0.2, 0.25) is 5.91 Å². The fourth-order valence-electron chi connectivity index (χ4n) is 2.48. The van der Waals surface area contributed by atoms with Crippen molar-refractivity contribution in [3.8, 4) is 0 Å². The lowest BCUT2D eigenvalue weighted by molar-refractivity contribution is -0.384. The molecule has 2 aromatic carbocycles. The van der Waals surface area contributed by atoms with Crippen molar-refractivity contribution < 1.29 is 9.72 Å². The van der Waals surface area contributed by atoms with Crippen molar-refractivity contribution in [3.63, 3.8) is 0 Å². The van der Waals surface area contributed by atoms with E-state index in [0.717, 1.165) is 10.9 Å². The SMILES string of the molecule is O=C(CCn1ccc2ccccc21)Nc1cccc([N+](=O)[O-])c1. The molecule has 6 nitrogen and oxygen atoms in total. The van der Waals surface area contributed by atoms with E-state index in [1.807, 2.05) is 41.1 Å². The first-order valence-electron chi connectivity index (χ1n) is 7.22. The van der Waals surface area contributed by atoms with Crippen LogP contribution < -0.4 is 5.32 Å². The summed E-state index contributed by atoms with van der Waals surface area (Å²) in [5.74, 6) is -0.178. The Kier molecular flexibility index (Phi) is 4.05. The molecular formula is C17H15N3O3. The van der Waals surface area contributed by atoms with Gasteiger partial charge in [-0.25, -0.2) is 0 Å². The molecule has 116 valence electrons. The van der Waals surface area contributed by atoms with Gasteiger partial charge in [-0.15, -0.1) is 0 Å². The molecule has 0 saturated carbocycles. The maximum Gasteiger partial charge on any atom is 0.271 e. The van der Waals surface area contributed by atoms with E-state index in [0.29, 0.717) is 18.7 Å². The number of anilines is 1. The number of nitro benzene ring substituents is 1. The summed E-state index contributed by atoms with van der Waals surface area (Å²) in [4.78, 5) is 22.3. The Bertz CT molecular complexity index is 870. The van der Waals surface area contributed by atoms with Gasteiger partial charge in [0.1, 0.15) is 0 Å². The lowest BCUT2D eigenvalue weighted by Gasteiger charge is -2.07. The van der Waals surface area contributed by atoms with Crippen molar-refractivity contribution in [3.05, 3.63) is 70.9 Å². The van der Waals surface area contributed by atoms with E-state index in [2.05, 4.69) is 5.32 Å². The van der Waals surface area contributed by atoms with Crippen LogP contribution in [0.5, 0.6) is 0 Å². The van der Waals surface area contributed by atoms with Crippen LogP contribution in [0.4, 0.5) is 11.4 Å². The third kappa shape index (κ3) is 3.37. The maximum absolute atomic E-state index is 12.0. The Hall–Kier alpha value is -3.15. The first-order chi connectivity index (χ1) is 11.1. The minimum Gasteiger partial charge on any atom is -0.347 e. The predicted octanol–water partition coefficient (Wildman–Crippen LogP) is 3.58. The fourth-order valence-corrected chi connectivity index (χ4v) is 2.48. The number of fused-ring (bicyclic) bond motifs is 1. The molecule has 1 N–H and O–H groups in total. The lowest BCUT2D eigenvalue weighted by atomic mass is 10.2. The summed E-state index contributed by atoms with van der Waals surface area (Å²) in [5, 5.41) is 14.6. The van der Waals surface area contributed by atoms with E-state index in [-0.39, 0.29) is 11.6 Å². The highest BCUT2D eigenvalue weighted by molar-refractivity contribution is 5.91. The normalized spacial score (nSPS) is 10.6. The molecule has 6 heteroatoms. The zero-order valence-corrected chi connectivity index (χ0v) is 12.3. The maximum atomic E-state index is 12.0. The largest absolute Gasteiger partial charge is 0.347 e. The first-order valence-corrected chi connectivity index (χ1v) is 7.22. The second-order valence-electron chi connectivity index (χ2n) is 5.17. The van der Waals surface area contributed by atoms with Gasteiger partial charge in [-0.2, -0.15) is 0 Å². The Morgan fingerprint density at radius 1 is 1.13 bits per heavy atom. The van der Waals surface area contributed by atoms with Gasteiger partial charge in [-0.05, 0) is 23.6 Å². The number of nitro groups is 1. The summed E-state index contributed by atoms with van der Waals surface area (Å²) < 4.78 is 2.02. The third-order valence-corrected chi connectivity index (χ3v) is 3.60. The van der Waals surface area contributed by atoms with Crippen molar-refractivity contribution in [1.29, 1.82) is 0 Å². The van der Waals surface area contributed by atoms with Gasteiger partial charge in [0, 0.05) is 42.5 Å². The molecule has 0 unspecified atom stereocenters. The number of non-ortho nitro benzene ring substituents is 1. The van der Waals surface area contributed by atoms with Gasteiger partial charge >= 0.3 is 0 Å². The number of hydrogen-bond donors (Lipinski definition) is 1. The Morgan fingerprint density at radius 2 is 1.96 bits per heavy atom. The van der Waals surface area contributed by atoms with E-state index >= 15 is 0 Å². The summed E-state index contributed by atoms with van der Waals surface area (Å²) in [7, 11) is 0. The third-order valence-electron chi connectivity index (χ3n) is 3.60. The van der Waals surface area contributed by atoms with Crippen LogP contribution in [-0.4, -0.2) is 15.4 Å². The smallest absolute Gasteiger partial charge is 0.271 e. The summed E-state index contributed by atoms with van der Waals surface area (Å²) >= 11 is 0. The highest BCUT2D eigenvalue weighted by Gasteiger charge is 2.09. The van der Waals surface area contributed by atoms with Crippen LogP contribution in [0.1, 0.15) is 6.42 Å². The molecule has 0 radical (unpaired) electrons. The van der Waals surface area contributed by atoms with Crippen LogP contribution in [-0.2, 0) is 11.3 Å². The number of carbonyl (C=O) groups excluding carboxylic acids is 1. The Balaban J connectivity index is 1.64. The molecule has 0 saturated heterocycles. The van der Waals surface area contributed by atoms with E-state index in [4.69, 9.17) is 0 Å². The molecule has 0 aliphatic carbocycles. The number of aryl methyl sites for hydroxylation is 1. The summed E-state index contributed by atoms with van der Waals surface area (Å²) in [6, 6.07) is 15.9. The number of amides is 1. The molecule has 0 aliphatic heterocycles. The molecule has 3 aromatic rings. The number of rotatable bonds is 5. The highest BCUT2D eigenvalue weighted by Crippen LogP contribution is 2.18. The van der Waals surface area contributed by atoms with E-state index in [9.17, 15) is 14.9 Å². The minimum atomic E-state index is -0.485. The minimum absolute atomic E-state index is 0.0424. The molecule has 0 bridgehead atoms. The predicted molar refractivity (Wildman–Crippen MR) is 88.3 cm³/mol. The molecule has 0 aliphatic rings. The molecule has 3 rings (SSSR count). The summed E-state index contributed by atoms with van der Waals surface area (Å²) in [6.07, 6.45) is 2.24. The quantitative estimate of drug-likeness (QED) is 0.578. The van der Waals surface area contributed by atoms with Crippen LogP contribution in [0.25, 0.3) is 10.9 Å². The van der Waals surface area contributed by atoms with Gasteiger partial charge in [0.25, 0.3) is 5.69 Å². The standard InChI is InChI=1S/C17H15N3O3/c21-17(18-14-5-3-6-15(12-14)20(22)23)9-11-19-10-8-13-4-1-2-7-16(13)19/h1-8,10,12H,9,11H2,(H,18,21). The second kappa shape index (κ2) is 6.31. The van der Waals surface area contributed by atoms with Crippen LogP contribution >= 0.6 is 0 Å². The molecule has 1 heterocycles. The van der Waals surface area contributed by atoms with Gasteiger partial charge in [0.05, 0.1) is 4.92 Å². The van der Waals surface area contributed by atoms with Crippen molar-refractivity contribution in [2.45, 2.75) is 13.0 Å². The van der Waals surface area contributed by atoms with Gasteiger partial charge < -0.3 is 9.88 Å². The van der Waals surface area contributed by atoms with Crippen LogP contribution in [0.3, 0.4) is 0 Å². The second-order valence-corrected chi connectivity index (χ2v) is 5.17. The zero-order chi connectivity index (χ0) is 16.2. The molecule has 0 fully saturated rings. The first kappa shape index (κ1) is 14.8. The monoisotopic (exact) mass is 309 g/mol. The highest BCUT2D eigenvalue weighted by atomic mass is 16.6. The van der Waals surface area contributed by atoms with Crippen molar-refractivity contribution in [1.82, 2.24) is 4.57 Å². The van der Waals surface area contributed by atoms with Crippen LogP contribution in [0.15, 0.2) is 60.8 Å². The van der Waals surface area contributed by atoms with Crippen molar-refractivity contribution in [2.75, 3.05) is 5.32 Å². The number of carbonyl (C=O) groups is 1. The average molecular weight is 309 g/mol. The van der Waals surface area contributed by atoms with Crippen LogP contribution in [0.2, 0.25) is 0 Å². The molecule has 0 atom stereocenters. The van der Waals surface area contributed by atoms with Crippen molar-refractivity contribution >= 4 is 28.2 Å². The molecule has 0 spiro atoms. The van der Waals surface area contributed by atoms with E-state index in [1.54, 1.807) is 12.1 Å². The molecule has 23 heavy (non-hydrogen) atoms. The van der Waals surface area contributed by atoms with Gasteiger partial charge in [-0.3, -0.25) is 14.9 Å². The van der Waals surface area contributed by atoms with Gasteiger partial charge in [0.15, 0.2) is 0 Å². The number of nitrogens with one attached hydrogen (secondary N) is 1. The lowest BCUT2D eigenvalue weighted by Crippen LogP contribution is -2.14. The molecular weight excluding hydrogens is 294 g/mol. The summed E-state index contributed by atoms with van der Waals surface area (Å²) in [5.41, 5.74) is 1.47. The Morgan fingerprint density at radius 3 is 2.78 bits per heavy atom. The number of benzene rings is 2. The molecule has 1 aromatic heterocycles. The Labute approximate surface area is 132 Å². The average Bonchev–Trinajstić information content (AvgIpc) is 2.96. The number of hydrogen-bond acceptors (Lipinski definition) is 3. The molecule has 1 amide bonds.